The molecule has 0 saturated carbocycles. The highest BCUT2D eigenvalue weighted by Crippen LogP contribution is 2.18. The van der Waals surface area contributed by atoms with Gasteiger partial charge < -0.3 is 9.47 Å². The average Bonchev–Trinajstić information content (AvgIpc) is 2.66. The lowest BCUT2D eigenvalue weighted by Crippen LogP contribution is -2.10. The molecule has 1 rings (SSSR count). The predicted molar refractivity (Wildman–Crippen MR) is 112 cm³/mol. The summed E-state index contributed by atoms with van der Waals surface area (Å²) in [7, 11) is 0. The van der Waals surface area contributed by atoms with E-state index < -0.39 is 11.9 Å². The molecule has 27 heavy (non-hydrogen) atoms. The van der Waals surface area contributed by atoms with Crippen molar-refractivity contribution in [3.63, 3.8) is 0 Å². The number of carbonyl (C=O) groups is 2. The Hall–Kier alpha value is -1.36. The van der Waals surface area contributed by atoms with Crippen LogP contribution in [0, 0.1) is 0 Å². The van der Waals surface area contributed by atoms with Crippen molar-refractivity contribution in [1.29, 1.82) is 0 Å². The van der Waals surface area contributed by atoms with Gasteiger partial charge in [-0.3, -0.25) is 0 Å². The maximum absolute atomic E-state index is 12.2. The van der Waals surface area contributed by atoms with Crippen LogP contribution in [0.5, 0.6) is 0 Å². The minimum absolute atomic E-state index is 0.368. The van der Waals surface area contributed by atoms with E-state index in [4.69, 9.17) is 9.47 Å². The minimum atomic E-state index is -0.402. The summed E-state index contributed by atoms with van der Waals surface area (Å²) >= 11 is 3.35. The van der Waals surface area contributed by atoms with E-state index >= 15 is 0 Å². The number of hydrogen-bond donors (Lipinski definition) is 0. The lowest BCUT2D eigenvalue weighted by Gasteiger charge is -2.08. The van der Waals surface area contributed by atoms with Crippen LogP contribution in [0.25, 0.3) is 0 Å². The topological polar surface area (TPSA) is 52.6 Å². The molecular weight excluding hydrogens is 408 g/mol. The Kier molecular flexibility index (Phi) is 12.9. The molecule has 0 spiro atoms. The second kappa shape index (κ2) is 14.7. The van der Waals surface area contributed by atoms with E-state index in [2.05, 4.69) is 29.8 Å². The molecule has 0 aliphatic carbocycles. The smallest absolute Gasteiger partial charge is 0.338 e. The summed E-state index contributed by atoms with van der Waals surface area (Å²) in [6, 6.07) is 4.88. The molecule has 4 nitrogen and oxygen atoms in total. The van der Waals surface area contributed by atoms with Crippen molar-refractivity contribution < 1.29 is 19.1 Å². The Labute approximate surface area is 172 Å². The average molecular weight is 441 g/mol. The molecule has 0 radical (unpaired) electrons. The highest BCUT2D eigenvalue weighted by Gasteiger charge is 2.14. The van der Waals surface area contributed by atoms with Crippen LogP contribution in [-0.2, 0) is 9.47 Å². The lowest BCUT2D eigenvalue weighted by molar-refractivity contribution is 0.0496. The molecule has 0 heterocycles. The second-order valence-electron chi connectivity index (χ2n) is 6.83. The van der Waals surface area contributed by atoms with Gasteiger partial charge in [-0.1, -0.05) is 81.1 Å². The quantitative estimate of drug-likeness (QED) is 0.238. The fourth-order valence-electron chi connectivity index (χ4n) is 2.73. The van der Waals surface area contributed by atoms with Crippen LogP contribution >= 0.6 is 15.9 Å². The van der Waals surface area contributed by atoms with Crippen LogP contribution in [0.1, 0.15) is 98.8 Å². The van der Waals surface area contributed by atoms with Crippen LogP contribution in [0.4, 0.5) is 0 Å². The largest absolute Gasteiger partial charge is 0.462 e. The van der Waals surface area contributed by atoms with E-state index in [0.29, 0.717) is 28.8 Å². The molecule has 152 valence electrons. The molecular formula is C22H33BrO4. The SMILES string of the molecule is CCCCCCCOC(=O)c1cc(Br)cc(C(=O)OCCCCCCC)c1. The van der Waals surface area contributed by atoms with E-state index in [1.165, 1.54) is 38.5 Å². The fourth-order valence-corrected chi connectivity index (χ4v) is 3.23. The Morgan fingerprint density at radius 1 is 0.704 bits per heavy atom. The molecule has 1 aromatic carbocycles. The van der Waals surface area contributed by atoms with Gasteiger partial charge in [0.05, 0.1) is 24.3 Å². The first kappa shape index (κ1) is 23.7. The molecule has 0 aliphatic heterocycles. The summed E-state index contributed by atoms with van der Waals surface area (Å²) in [6.45, 7) is 5.16. The highest BCUT2D eigenvalue weighted by atomic mass is 79.9. The number of hydrogen-bond acceptors (Lipinski definition) is 4. The van der Waals surface area contributed by atoms with Gasteiger partial charge in [-0.05, 0) is 31.0 Å². The third-order valence-corrected chi connectivity index (χ3v) is 4.79. The van der Waals surface area contributed by atoms with Crippen molar-refractivity contribution in [3.05, 3.63) is 33.8 Å². The molecule has 0 unspecified atom stereocenters. The highest BCUT2D eigenvalue weighted by molar-refractivity contribution is 9.10. The summed E-state index contributed by atoms with van der Waals surface area (Å²) in [5, 5.41) is 0. The molecule has 0 saturated heterocycles. The van der Waals surface area contributed by atoms with Gasteiger partial charge in [0.15, 0.2) is 0 Å². The van der Waals surface area contributed by atoms with Gasteiger partial charge in [-0.2, -0.15) is 0 Å². The Bertz CT molecular complexity index is 525. The third-order valence-electron chi connectivity index (χ3n) is 4.33. The Morgan fingerprint density at radius 2 is 1.11 bits per heavy atom. The van der Waals surface area contributed by atoms with Crippen molar-refractivity contribution in [2.75, 3.05) is 13.2 Å². The maximum Gasteiger partial charge on any atom is 0.338 e. The number of carbonyl (C=O) groups excluding carboxylic acids is 2. The molecule has 0 aliphatic rings. The van der Waals surface area contributed by atoms with Gasteiger partial charge in [0, 0.05) is 4.47 Å². The zero-order chi connectivity index (χ0) is 19.9. The van der Waals surface area contributed by atoms with Gasteiger partial charge in [0.25, 0.3) is 0 Å². The maximum atomic E-state index is 12.2. The summed E-state index contributed by atoms with van der Waals surface area (Å²) in [6.07, 6.45) is 11.0. The van der Waals surface area contributed by atoms with E-state index in [1.54, 1.807) is 18.2 Å². The first-order chi connectivity index (χ1) is 13.1. The second-order valence-corrected chi connectivity index (χ2v) is 7.74. The van der Waals surface area contributed by atoms with E-state index in [9.17, 15) is 9.59 Å². The fraction of sp³-hybridized carbons (Fsp3) is 0.636. The van der Waals surface area contributed by atoms with Gasteiger partial charge in [0.1, 0.15) is 0 Å². The molecule has 1 aromatic rings. The van der Waals surface area contributed by atoms with Crippen LogP contribution in [0.2, 0.25) is 0 Å². The van der Waals surface area contributed by atoms with Gasteiger partial charge in [-0.15, -0.1) is 0 Å². The van der Waals surface area contributed by atoms with Crippen molar-refractivity contribution in [3.8, 4) is 0 Å². The number of ether oxygens (including phenoxy) is 2. The third kappa shape index (κ3) is 10.5. The predicted octanol–water partition coefficient (Wildman–Crippen LogP) is 6.70. The van der Waals surface area contributed by atoms with E-state index in [-0.39, 0.29) is 0 Å². The summed E-state index contributed by atoms with van der Waals surface area (Å²) in [5.74, 6) is -0.805. The first-order valence-corrected chi connectivity index (χ1v) is 11.0. The van der Waals surface area contributed by atoms with Crippen molar-refractivity contribution >= 4 is 27.9 Å². The number of halogens is 1. The first-order valence-electron chi connectivity index (χ1n) is 10.2. The van der Waals surface area contributed by atoms with Crippen LogP contribution < -0.4 is 0 Å². The molecule has 0 fully saturated rings. The number of unbranched alkanes of at least 4 members (excludes halogenated alkanes) is 8. The minimum Gasteiger partial charge on any atom is -0.462 e. The molecule has 0 amide bonds. The Morgan fingerprint density at radius 3 is 1.52 bits per heavy atom. The Balaban J connectivity index is 2.45. The van der Waals surface area contributed by atoms with Crippen LogP contribution in [0.15, 0.2) is 22.7 Å². The normalized spacial score (nSPS) is 10.6. The van der Waals surface area contributed by atoms with Crippen LogP contribution in [-0.4, -0.2) is 25.2 Å². The lowest BCUT2D eigenvalue weighted by atomic mass is 10.1. The molecule has 5 heteroatoms. The van der Waals surface area contributed by atoms with Gasteiger partial charge in [-0.25, -0.2) is 9.59 Å². The molecule has 0 N–H and O–H groups in total. The van der Waals surface area contributed by atoms with Crippen molar-refractivity contribution in [2.45, 2.75) is 78.1 Å². The van der Waals surface area contributed by atoms with Crippen molar-refractivity contribution in [2.24, 2.45) is 0 Å². The van der Waals surface area contributed by atoms with Gasteiger partial charge in [0.2, 0.25) is 0 Å². The van der Waals surface area contributed by atoms with E-state index in [1.807, 2.05) is 0 Å². The molecule has 0 atom stereocenters. The molecule has 0 bridgehead atoms. The van der Waals surface area contributed by atoms with Gasteiger partial charge >= 0.3 is 11.9 Å². The zero-order valence-corrected chi connectivity index (χ0v) is 18.3. The summed E-state index contributed by atoms with van der Waals surface area (Å²) < 4.78 is 11.3. The summed E-state index contributed by atoms with van der Waals surface area (Å²) in [5.41, 5.74) is 0.737. The van der Waals surface area contributed by atoms with Crippen LogP contribution in [0.3, 0.4) is 0 Å². The zero-order valence-electron chi connectivity index (χ0n) is 16.7. The van der Waals surface area contributed by atoms with Crippen molar-refractivity contribution in [1.82, 2.24) is 0 Å². The number of rotatable bonds is 14. The standard InChI is InChI=1S/C22H33BrO4/c1-3-5-7-9-11-13-26-21(24)18-15-19(17-20(23)16-18)22(25)27-14-12-10-8-6-4-2/h15-17H,3-14H2,1-2H3. The molecule has 0 aromatic heterocycles. The number of esters is 2. The van der Waals surface area contributed by atoms with E-state index in [0.717, 1.165) is 25.7 Å². The number of benzene rings is 1. The summed E-state index contributed by atoms with van der Waals surface area (Å²) in [4.78, 5) is 24.5. The monoisotopic (exact) mass is 440 g/mol.